The molecule has 1 aliphatic rings. The lowest BCUT2D eigenvalue weighted by Crippen LogP contribution is -2.13. The summed E-state index contributed by atoms with van der Waals surface area (Å²) < 4.78 is 13.9. The Balaban J connectivity index is 1.98. The van der Waals surface area contributed by atoms with E-state index in [0.717, 1.165) is 30.0 Å². The molecule has 2 N–H and O–H groups in total. The summed E-state index contributed by atoms with van der Waals surface area (Å²) in [5, 5.41) is 0.882. The number of halogens is 2. The number of hydrogen-bond donors (Lipinski definition) is 1. The first-order valence-corrected chi connectivity index (χ1v) is 7.04. The van der Waals surface area contributed by atoms with Gasteiger partial charge in [-0.1, -0.05) is 23.7 Å². The van der Waals surface area contributed by atoms with Crippen LogP contribution in [0.15, 0.2) is 18.2 Å². The van der Waals surface area contributed by atoms with Gasteiger partial charge in [0.1, 0.15) is 10.8 Å². The number of nitrogens with two attached hydrogens (primary N) is 1. The first kappa shape index (κ1) is 12.1. The Morgan fingerprint density at radius 2 is 2.22 bits per heavy atom. The van der Waals surface area contributed by atoms with E-state index in [4.69, 9.17) is 17.3 Å². The standard InChI is InChI=1S/C13H12ClFN2S/c14-8-4-1-3-7(11(8)15)12(16)13-17-9-5-2-6-10(9)18-13/h1,3-4,12H,2,5-6,16H2. The number of aryl methyl sites for hydroxylation is 2. The summed E-state index contributed by atoms with van der Waals surface area (Å²) in [5.74, 6) is -0.443. The maximum Gasteiger partial charge on any atom is 0.146 e. The first-order valence-electron chi connectivity index (χ1n) is 5.85. The van der Waals surface area contributed by atoms with Crippen molar-refractivity contribution >= 4 is 22.9 Å². The summed E-state index contributed by atoms with van der Waals surface area (Å²) in [4.78, 5) is 5.82. The highest BCUT2D eigenvalue weighted by atomic mass is 35.5. The summed E-state index contributed by atoms with van der Waals surface area (Å²) >= 11 is 7.37. The van der Waals surface area contributed by atoms with E-state index in [1.165, 1.54) is 10.9 Å². The largest absolute Gasteiger partial charge is 0.318 e. The fourth-order valence-electron chi connectivity index (χ4n) is 2.24. The van der Waals surface area contributed by atoms with Crippen LogP contribution in [0.25, 0.3) is 0 Å². The maximum atomic E-state index is 13.9. The van der Waals surface area contributed by atoms with E-state index < -0.39 is 11.9 Å². The zero-order chi connectivity index (χ0) is 12.7. The quantitative estimate of drug-likeness (QED) is 0.916. The van der Waals surface area contributed by atoms with Crippen LogP contribution in [0.1, 0.15) is 33.6 Å². The highest BCUT2D eigenvalue weighted by molar-refractivity contribution is 7.11. The zero-order valence-corrected chi connectivity index (χ0v) is 11.2. The van der Waals surface area contributed by atoms with E-state index >= 15 is 0 Å². The van der Waals surface area contributed by atoms with Gasteiger partial charge in [-0.05, 0) is 25.3 Å². The number of hydrogen-bond acceptors (Lipinski definition) is 3. The summed E-state index contributed by atoms with van der Waals surface area (Å²) in [7, 11) is 0. The van der Waals surface area contributed by atoms with Crippen LogP contribution < -0.4 is 5.73 Å². The van der Waals surface area contributed by atoms with Crippen molar-refractivity contribution in [3.63, 3.8) is 0 Å². The van der Waals surface area contributed by atoms with E-state index in [0.29, 0.717) is 5.56 Å². The van der Waals surface area contributed by atoms with Gasteiger partial charge in [0.05, 0.1) is 16.8 Å². The van der Waals surface area contributed by atoms with Crippen LogP contribution in [0.3, 0.4) is 0 Å². The third kappa shape index (κ3) is 1.94. The molecule has 0 aliphatic heterocycles. The van der Waals surface area contributed by atoms with Crippen molar-refractivity contribution in [2.75, 3.05) is 0 Å². The lowest BCUT2D eigenvalue weighted by Gasteiger charge is -2.10. The van der Waals surface area contributed by atoms with Crippen LogP contribution in [-0.4, -0.2) is 4.98 Å². The van der Waals surface area contributed by atoms with E-state index in [1.54, 1.807) is 23.5 Å². The summed E-state index contributed by atoms with van der Waals surface area (Å²) in [6.45, 7) is 0. The number of rotatable bonds is 2. The smallest absolute Gasteiger partial charge is 0.146 e. The van der Waals surface area contributed by atoms with E-state index in [9.17, 15) is 4.39 Å². The summed E-state index contributed by atoms with van der Waals surface area (Å²) in [6.07, 6.45) is 3.24. The number of nitrogens with zero attached hydrogens (tertiary/aromatic N) is 1. The van der Waals surface area contributed by atoms with Crippen molar-refractivity contribution in [1.29, 1.82) is 0 Å². The minimum Gasteiger partial charge on any atom is -0.318 e. The molecule has 0 spiro atoms. The van der Waals surface area contributed by atoms with Gasteiger partial charge in [0.25, 0.3) is 0 Å². The molecule has 0 saturated carbocycles. The maximum absolute atomic E-state index is 13.9. The Bertz CT molecular complexity index is 575. The minimum atomic E-state index is -0.528. The molecule has 0 amide bonds. The first-order chi connectivity index (χ1) is 8.66. The second kappa shape index (κ2) is 4.61. The van der Waals surface area contributed by atoms with E-state index in [2.05, 4.69) is 4.98 Å². The van der Waals surface area contributed by atoms with Gasteiger partial charge in [-0.25, -0.2) is 9.37 Å². The van der Waals surface area contributed by atoms with Gasteiger partial charge in [-0.15, -0.1) is 11.3 Å². The number of fused-ring (bicyclic) bond motifs is 1. The zero-order valence-electron chi connectivity index (χ0n) is 9.62. The topological polar surface area (TPSA) is 38.9 Å². The average molecular weight is 283 g/mol. The van der Waals surface area contributed by atoms with Gasteiger partial charge in [0.15, 0.2) is 0 Å². The van der Waals surface area contributed by atoms with Crippen LogP contribution in [0.4, 0.5) is 4.39 Å². The Morgan fingerprint density at radius 3 is 3.00 bits per heavy atom. The molecule has 0 bridgehead atoms. The van der Waals surface area contributed by atoms with Crippen molar-refractivity contribution < 1.29 is 4.39 Å². The average Bonchev–Trinajstić information content (AvgIpc) is 2.92. The van der Waals surface area contributed by atoms with Crippen LogP contribution in [0.5, 0.6) is 0 Å². The Morgan fingerprint density at radius 1 is 1.39 bits per heavy atom. The monoisotopic (exact) mass is 282 g/mol. The van der Waals surface area contributed by atoms with Gasteiger partial charge >= 0.3 is 0 Å². The molecule has 0 fully saturated rings. The molecule has 18 heavy (non-hydrogen) atoms. The predicted octanol–water partition coefficient (Wildman–Crippen LogP) is 3.47. The molecule has 1 aliphatic carbocycles. The van der Waals surface area contributed by atoms with Crippen LogP contribution in [-0.2, 0) is 12.8 Å². The second-order valence-electron chi connectivity index (χ2n) is 4.40. The van der Waals surface area contributed by atoms with Crippen LogP contribution in [0.2, 0.25) is 5.02 Å². The molecule has 1 atom stereocenters. The molecule has 3 rings (SSSR count). The van der Waals surface area contributed by atoms with Crippen molar-refractivity contribution in [2.45, 2.75) is 25.3 Å². The Hall–Kier alpha value is -0.970. The minimum absolute atomic E-state index is 0.104. The molecule has 1 unspecified atom stereocenters. The number of thiazole rings is 1. The predicted molar refractivity (Wildman–Crippen MR) is 71.6 cm³/mol. The summed E-state index contributed by atoms with van der Waals surface area (Å²) in [6, 6.07) is 4.37. The van der Waals surface area contributed by atoms with Crippen molar-refractivity contribution in [3.8, 4) is 0 Å². The lowest BCUT2D eigenvalue weighted by atomic mass is 10.1. The molecule has 1 heterocycles. The third-order valence-corrected chi connectivity index (χ3v) is 4.73. The molecular formula is C13H12ClFN2S. The van der Waals surface area contributed by atoms with Gasteiger partial charge in [-0.3, -0.25) is 0 Å². The van der Waals surface area contributed by atoms with Gasteiger partial charge in [0, 0.05) is 10.4 Å². The van der Waals surface area contributed by atoms with Gasteiger partial charge in [0.2, 0.25) is 0 Å². The molecule has 1 aromatic carbocycles. The molecule has 1 aromatic heterocycles. The summed E-state index contributed by atoms with van der Waals surface area (Å²) in [5.41, 5.74) is 7.64. The molecule has 2 nitrogen and oxygen atoms in total. The van der Waals surface area contributed by atoms with Gasteiger partial charge in [-0.2, -0.15) is 0 Å². The van der Waals surface area contributed by atoms with Crippen LogP contribution in [0, 0.1) is 5.82 Å². The number of aromatic nitrogens is 1. The third-order valence-electron chi connectivity index (χ3n) is 3.19. The fraction of sp³-hybridized carbons (Fsp3) is 0.308. The fourth-order valence-corrected chi connectivity index (χ4v) is 3.59. The van der Waals surface area contributed by atoms with Crippen molar-refractivity contribution in [3.05, 3.63) is 50.2 Å². The van der Waals surface area contributed by atoms with E-state index in [1.807, 2.05) is 0 Å². The van der Waals surface area contributed by atoms with Crippen molar-refractivity contribution in [2.24, 2.45) is 5.73 Å². The molecule has 0 saturated heterocycles. The molecular weight excluding hydrogens is 271 g/mol. The second-order valence-corrected chi connectivity index (χ2v) is 5.92. The van der Waals surface area contributed by atoms with E-state index in [-0.39, 0.29) is 5.02 Å². The normalized spacial score (nSPS) is 15.7. The molecule has 94 valence electrons. The molecule has 0 radical (unpaired) electrons. The van der Waals surface area contributed by atoms with Crippen molar-refractivity contribution in [1.82, 2.24) is 4.98 Å². The molecule has 5 heteroatoms. The Kier molecular flexibility index (Phi) is 3.09. The molecule has 2 aromatic rings. The highest BCUT2D eigenvalue weighted by Gasteiger charge is 2.23. The lowest BCUT2D eigenvalue weighted by molar-refractivity contribution is 0.599. The highest BCUT2D eigenvalue weighted by Crippen LogP contribution is 2.33. The van der Waals surface area contributed by atoms with Gasteiger partial charge < -0.3 is 5.73 Å². The Labute approximate surface area is 114 Å². The SMILES string of the molecule is NC(c1nc2c(s1)CCC2)c1cccc(Cl)c1F. The van der Waals surface area contributed by atoms with Crippen LogP contribution >= 0.6 is 22.9 Å². The number of benzene rings is 1.